The van der Waals surface area contributed by atoms with Crippen molar-refractivity contribution in [1.82, 2.24) is 20.1 Å². The molecule has 0 saturated carbocycles. The number of aromatic amines is 2. The average Bonchev–Trinajstić information content (AvgIpc) is 2.92. The van der Waals surface area contributed by atoms with Crippen LogP contribution in [0, 0.1) is 0 Å². The van der Waals surface area contributed by atoms with E-state index < -0.39 is 11.4 Å². The first-order valence-electron chi connectivity index (χ1n) is 7.00. The van der Waals surface area contributed by atoms with Crippen molar-refractivity contribution >= 4 is 5.91 Å². The monoisotopic (exact) mass is 333 g/mol. The Bertz CT molecular complexity index is 815. The van der Waals surface area contributed by atoms with Crippen LogP contribution in [0.25, 0.3) is 16.1 Å². The number of ether oxygens (including phenoxy) is 1. The zero-order valence-corrected chi connectivity index (χ0v) is 12.6. The highest BCUT2D eigenvalue weighted by Gasteiger charge is 2.08. The van der Waals surface area contributed by atoms with Crippen molar-refractivity contribution in [1.29, 1.82) is 0 Å². The standard InChI is InChI=1S/C13H15N7O4/c14-19-16-6-8-24-7-5-15-11(21)9-1-3-10(4-2-9)20-12(22)17-18-13(20)23/h1-4H,5-8H2,(H,15,21)(H,17,22)(H,18,23). The largest absolute Gasteiger partial charge is 0.379 e. The first-order chi connectivity index (χ1) is 11.6. The van der Waals surface area contributed by atoms with E-state index in [0.29, 0.717) is 24.4 Å². The molecule has 0 radical (unpaired) electrons. The number of carbonyl (C=O) groups is 1. The molecule has 2 aromatic rings. The third-order valence-corrected chi connectivity index (χ3v) is 3.00. The molecule has 1 aromatic heterocycles. The van der Waals surface area contributed by atoms with E-state index in [-0.39, 0.29) is 19.1 Å². The third kappa shape index (κ3) is 4.35. The molecule has 2 rings (SSSR count). The van der Waals surface area contributed by atoms with Gasteiger partial charge in [0.1, 0.15) is 0 Å². The molecule has 1 amide bonds. The summed E-state index contributed by atoms with van der Waals surface area (Å²) < 4.78 is 6.07. The maximum absolute atomic E-state index is 11.9. The van der Waals surface area contributed by atoms with Crippen LogP contribution in [-0.2, 0) is 4.74 Å². The van der Waals surface area contributed by atoms with Crippen LogP contribution in [0.4, 0.5) is 0 Å². The minimum atomic E-state index is -0.588. The first kappa shape index (κ1) is 17.1. The quantitative estimate of drug-likeness (QED) is 0.267. The van der Waals surface area contributed by atoms with Gasteiger partial charge < -0.3 is 10.1 Å². The van der Waals surface area contributed by atoms with E-state index in [2.05, 4.69) is 25.5 Å². The van der Waals surface area contributed by atoms with Gasteiger partial charge in [0.25, 0.3) is 5.91 Å². The lowest BCUT2D eigenvalue weighted by atomic mass is 10.2. The summed E-state index contributed by atoms with van der Waals surface area (Å²) >= 11 is 0. The SMILES string of the molecule is [N-]=[N+]=NCCOCCNC(=O)c1ccc(-n2c(=O)[nH][nH]c2=O)cc1. The molecule has 1 heterocycles. The average molecular weight is 333 g/mol. The van der Waals surface area contributed by atoms with Gasteiger partial charge in [-0.15, -0.1) is 0 Å². The number of benzene rings is 1. The van der Waals surface area contributed by atoms with Gasteiger partial charge in [-0.1, -0.05) is 5.11 Å². The number of amides is 1. The topological polar surface area (TPSA) is 158 Å². The fourth-order valence-electron chi connectivity index (χ4n) is 1.90. The number of aromatic nitrogens is 3. The summed E-state index contributed by atoms with van der Waals surface area (Å²) in [5.41, 5.74) is 7.64. The maximum atomic E-state index is 11.9. The molecule has 1 aromatic carbocycles. The highest BCUT2D eigenvalue weighted by molar-refractivity contribution is 5.94. The van der Waals surface area contributed by atoms with Gasteiger partial charge in [0.05, 0.1) is 18.9 Å². The Hall–Kier alpha value is -3.30. The van der Waals surface area contributed by atoms with Crippen molar-refractivity contribution in [3.8, 4) is 5.69 Å². The Balaban J connectivity index is 1.87. The Kier molecular flexibility index (Phi) is 5.95. The van der Waals surface area contributed by atoms with Crippen molar-refractivity contribution in [3.05, 3.63) is 61.2 Å². The molecule has 0 atom stereocenters. The number of H-pyrrole nitrogens is 2. The maximum Gasteiger partial charge on any atom is 0.348 e. The van der Waals surface area contributed by atoms with Crippen molar-refractivity contribution < 1.29 is 9.53 Å². The van der Waals surface area contributed by atoms with Crippen molar-refractivity contribution in [2.24, 2.45) is 5.11 Å². The van der Waals surface area contributed by atoms with E-state index in [4.69, 9.17) is 10.3 Å². The minimum absolute atomic E-state index is 0.240. The van der Waals surface area contributed by atoms with E-state index >= 15 is 0 Å². The second-order valence-electron chi connectivity index (χ2n) is 4.57. The molecule has 0 bridgehead atoms. The molecule has 0 aliphatic carbocycles. The van der Waals surface area contributed by atoms with E-state index in [0.717, 1.165) is 4.57 Å². The molecule has 0 unspecified atom stereocenters. The van der Waals surface area contributed by atoms with Crippen LogP contribution >= 0.6 is 0 Å². The number of carbonyl (C=O) groups excluding carboxylic acids is 1. The molecule has 0 aliphatic heterocycles. The third-order valence-electron chi connectivity index (χ3n) is 3.00. The predicted octanol–water partition coefficient (Wildman–Crippen LogP) is -0.0894. The summed E-state index contributed by atoms with van der Waals surface area (Å²) in [4.78, 5) is 37.5. The molecule has 24 heavy (non-hydrogen) atoms. The van der Waals surface area contributed by atoms with Crippen molar-refractivity contribution in [3.63, 3.8) is 0 Å². The number of hydrogen-bond donors (Lipinski definition) is 3. The molecule has 0 fully saturated rings. The Morgan fingerprint density at radius 1 is 1.21 bits per heavy atom. The van der Waals surface area contributed by atoms with Crippen LogP contribution in [-0.4, -0.2) is 47.0 Å². The van der Waals surface area contributed by atoms with Gasteiger partial charge in [-0.3, -0.25) is 4.79 Å². The normalized spacial score (nSPS) is 10.2. The highest BCUT2D eigenvalue weighted by atomic mass is 16.5. The summed E-state index contributed by atoms with van der Waals surface area (Å²) in [6.07, 6.45) is 0. The van der Waals surface area contributed by atoms with Crippen LogP contribution < -0.4 is 16.7 Å². The second kappa shape index (κ2) is 8.36. The lowest BCUT2D eigenvalue weighted by Crippen LogP contribution is -2.28. The first-order valence-corrected chi connectivity index (χ1v) is 7.00. The summed E-state index contributed by atoms with van der Waals surface area (Å²) in [6.45, 7) is 1.12. The number of hydrogen-bond acceptors (Lipinski definition) is 5. The van der Waals surface area contributed by atoms with Crippen LogP contribution in [0.2, 0.25) is 0 Å². The molecule has 0 aliphatic rings. The molecule has 3 N–H and O–H groups in total. The minimum Gasteiger partial charge on any atom is -0.379 e. The van der Waals surface area contributed by atoms with E-state index in [9.17, 15) is 14.4 Å². The fourth-order valence-corrected chi connectivity index (χ4v) is 1.90. The molecule has 11 nitrogen and oxygen atoms in total. The van der Waals surface area contributed by atoms with Crippen molar-refractivity contribution in [2.45, 2.75) is 0 Å². The zero-order chi connectivity index (χ0) is 17.4. The van der Waals surface area contributed by atoms with Gasteiger partial charge in [0.15, 0.2) is 0 Å². The van der Waals surface area contributed by atoms with Gasteiger partial charge in [-0.2, -0.15) is 0 Å². The molecular formula is C13H15N7O4. The summed E-state index contributed by atoms with van der Waals surface area (Å²) in [7, 11) is 0. The summed E-state index contributed by atoms with van der Waals surface area (Å²) in [6, 6.07) is 6.00. The van der Waals surface area contributed by atoms with E-state index in [1.807, 2.05) is 0 Å². The van der Waals surface area contributed by atoms with Gasteiger partial charge in [0.2, 0.25) is 0 Å². The molecule has 0 saturated heterocycles. The Morgan fingerprint density at radius 3 is 2.50 bits per heavy atom. The summed E-state index contributed by atoms with van der Waals surface area (Å²) in [5, 5.41) is 10.3. The summed E-state index contributed by atoms with van der Waals surface area (Å²) in [5.74, 6) is -0.310. The van der Waals surface area contributed by atoms with Gasteiger partial charge in [-0.05, 0) is 29.8 Å². The molecule has 0 spiro atoms. The zero-order valence-electron chi connectivity index (χ0n) is 12.6. The molecule has 11 heteroatoms. The van der Waals surface area contributed by atoms with Crippen LogP contribution in [0.15, 0.2) is 39.0 Å². The van der Waals surface area contributed by atoms with Crippen molar-refractivity contribution in [2.75, 3.05) is 26.3 Å². The lowest BCUT2D eigenvalue weighted by molar-refractivity contribution is 0.0920. The highest BCUT2D eigenvalue weighted by Crippen LogP contribution is 2.06. The number of rotatable bonds is 8. The van der Waals surface area contributed by atoms with Crippen LogP contribution in [0.1, 0.15) is 10.4 Å². The Morgan fingerprint density at radius 2 is 1.88 bits per heavy atom. The van der Waals surface area contributed by atoms with Gasteiger partial charge in [-0.25, -0.2) is 24.4 Å². The van der Waals surface area contributed by atoms with E-state index in [1.165, 1.54) is 24.3 Å². The number of nitrogens with zero attached hydrogens (tertiary/aromatic N) is 4. The second-order valence-corrected chi connectivity index (χ2v) is 4.57. The molecule has 126 valence electrons. The smallest absolute Gasteiger partial charge is 0.348 e. The Labute approximate surface area is 134 Å². The lowest BCUT2D eigenvalue weighted by Gasteiger charge is -2.06. The predicted molar refractivity (Wildman–Crippen MR) is 84.2 cm³/mol. The van der Waals surface area contributed by atoms with Gasteiger partial charge >= 0.3 is 11.4 Å². The van der Waals surface area contributed by atoms with Crippen LogP contribution in [0.3, 0.4) is 0 Å². The van der Waals surface area contributed by atoms with E-state index in [1.54, 1.807) is 0 Å². The fraction of sp³-hybridized carbons (Fsp3) is 0.308. The molecular weight excluding hydrogens is 318 g/mol. The number of azide groups is 1. The van der Waals surface area contributed by atoms with Crippen LogP contribution in [0.5, 0.6) is 0 Å². The van der Waals surface area contributed by atoms with Gasteiger partial charge in [0, 0.05) is 23.6 Å². The number of nitrogens with one attached hydrogen (secondary N) is 3.